The molecule has 0 fully saturated rings. The van der Waals surface area contributed by atoms with E-state index in [0.29, 0.717) is 16.5 Å². The summed E-state index contributed by atoms with van der Waals surface area (Å²) in [7, 11) is 0. The van der Waals surface area contributed by atoms with Crippen LogP contribution in [0.2, 0.25) is 0 Å². The Kier molecular flexibility index (Phi) is 2.41. The molecule has 3 heteroatoms. The largest absolute Gasteiger partial charge is 0.515 e. The fraction of sp³-hybridized carbons (Fsp3) is 0.143. The van der Waals surface area contributed by atoms with E-state index >= 15 is 0 Å². The van der Waals surface area contributed by atoms with Gasteiger partial charge >= 0.3 is 0 Å². The van der Waals surface area contributed by atoms with Crippen LogP contribution < -0.4 is 0 Å². The van der Waals surface area contributed by atoms with Gasteiger partial charge in [0.05, 0.1) is 16.3 Å². The Bertz CT molecular complexity index is 226. The molecule has 0 saturated heterocycles. The van der Waals surface area contributed by atoms with Crippen LogP contribution in [0.1, 0.15) is 6.42 Å². The van der Waals surface area contributed by atoms with Crippen molar-refractivity contribution in [2.75, 3.05) is 0 Å². The van der Waals surface area contributed by atoms with Gasteiger partial charge in [-0.25, -0.2) is 0 Å². The van der Waals surface area contributed by atoms with Crippen molar-refractivity contribution in [3.8, 4) is 0 Å². The minimum Gasteiger partial charge on any atom is -0.515 e. The predicted molar refractivity (Wildman–Crippen MR) is 43.2 cm³/mol. The van der Waals surface area contributed by atoms with E-state index in [9.17, 15) is 0 Å². The van der Waals surface area contributed by atoms with Gasteiger partial charge in [-0.3, -0.25) is 0 Å². The van der Waals surface area contributed by atoms with E-state index < -0.39 is 0 Å². The van der Waals surface area contributed by atoms with E-state index in [1.807, 2.05) is 0 Å². The molecule has 1 nitrogen and oxygen atoms in total. The van der Waals surface area contributed by atoms with Gasteiger partial charge in [0, 0.05) is 0 Å². The number of allylic oxidation sites excluding steroid dienone is 5. The first-order valence-corrected chi connectivity index (χ1v) is 3.56. The summed E-state index contributed by atoms with van der Waals surface area (Å²) in [6.45, 7) is 0. The van der Waals surface area contributed by atoms with Crippen LogP contribution in [0.25, 0.3) is 0 Å². The van der Waals surface area contributed by atoms with Gasteiger partial charge in [-0.2, -0.15) is 0 Å². The molecule has 1 N–H and O–H groups in total. The van der Waals surface area contributed by atoms with Crippen molar-refractivity contribution in [3.05, 3.63) is 34.1 Å². The molecule has 0 aliphatic heterocycles. The first kappa shape index (κ1) is 7.70. The number of halogens is 2. The zero-order valence-electron chi connectivity index (χ0n) is 5.14. The van der Waals surface area contributed by atoms with Crippen LogP contribution in [0.4, 0.5) is 0 Å². The van der Waals surface area contributed by atoms with Crippen LogP contribution in [0.15, 0.2) is 34.1 Å². The van der Waals surface area contributed by atoms with Gasteiger partial charge < -0.3 is 5.11 Å². The maximum atomic E-state index is 8.56. The Labute approximate surface area is 69.3 Å². The third kappa shape index (κ3) is 1.55. The monoisotopic (exact) mass is 176 g/mol. The summed E-state index contributed by atoms with van der Waals surface area (Å²) in [6, 6.07) is 0. The van der Waals surface area contributed by atoms with E-state index in [1.165, 1.54) is 0 Å². The second-order valence-electron chi connectivity index (χ2n) is 1.95. The van der Waals surface area contributed by atoms with E-state index in [4.69, 9.17) is 28.3 Å². The molecule has 0 unspecified atom stereocenters. The summed E-state index contributed by atoms with van der Waals surface area (Å²) in [6.07, 6.45) is 5.07. The highest BCUT2D eigenvalue weighted by molar-refractivity contribution is 6.44. The molecule has 0 bridgehead atoms. The molecule has 0 aromatic heterocycles. The molecule has 10 heavy (non-hydrogen) atoms. The smallest absolute Gasteiger partial charge is 0.0827 e. The number of hydrogen-bond donors (Lipinski definition) is 1. The third-order valence-corrected chi connectivity index (χ3v) is 1.99. The second-order valence-corrected chi connectivity index (χ2v) is 2.77. The average Bonchev–Trinajstić information content (AvgIpc) is 1.95. The van der Waals surface area contributed by atoms with Crippen LogP contribution in [-0.4, -0.2) is 5.11 Å². The lowest BCUT2D eigenvalue weighted by atomic mass is 10.1. The van der Waals surface area contributed by atoms with E-state index in [1.54, 1.807) is 12.2 Å². The maximum absolute atomic E-state index is 8.56. The van der Waals surface area contributed by atoms with Crippen molar-refractivity contribution in [1.29, 1.82) is 0 Å². The SMILES string of the molecule is OC=C1C=C(Cl)C(Cl)=CC1. The predicted octanol–water partition coefficient (Wildman–Crippen LogP) is 3.08. The lowest BCUT2D eigenvalue weighted by molar-refractivity contribution is 0.468. The third-order valence-electron chi connectivity index (χ3n) is 1.22. The maximum Gasteiger partial charge on any atom is 0.0827 e. The molecule has 1 rings (SSSR count). The number of aliphatic hydroxyl groups excluding tert-OH is 1. The minimum absolute atomic E-state index is 0.480. The van der Waals surface area contributed by atoms with Crippen molar-refractivity contribution in [2.24, 2.45) is 0 Å². The molecule has 54 valence electrons. The van der Waals surface area contributed by atoms with Crippen LogP contribution in [-0.2, 0) is 0 Å². The molecular weight excluding hydrogens is 171 g/mol. The summed E-state index contributed by atoms with van der Waals surface area (Å²) in [5, 5.41) is 9.59. The topological polar surface area (TPSA) is 20.2 Å². The van der Waals surface area contributed by atoms with Crippen molar-refractivity contribution in [2.45, 2.75) is 6.42 Å². The van der Waals surface area contributed by atoms with E-state index in [2.05, 4.69) is 0 Å². The van der Waals surface area contributed by atoms with Gasteiger partial charge in [-0.15, -0.1) is 0 Å². The van der Waals surface area contributed by atoms with Gasteiger partial charge in [0.15, 0.2) is 0 Å². The average molecular weight is 177 g/mol. The lowest BCUT2D eigenvalue weighted by Gasteiger charge is -2.05. The molecular formula is C7H6Cl2O. The Hall–Kier alpha value is -0.400. The quantitative estimate of drug-likeness (QED) is 0.563. The number of rotatable bonds is 0. The zero-order chi connectivity index (χ0) is 7.56. The van der Waals surface area contributed by atoms with E-state index in [-0.39, 0.29) is 0 Å². The first-order valence-electron chi connectivity index (χ1n) is 2.80. The van der Waals surface area contributed by atoms with Crippen molar-refractivity contribution >= 4 is 23.2 Å². The molecule has 0 saturated carbocycles. The molecule has 0 aromatic carbocycles. The molecule has 0 heterocycles. The fourth-order valence-corrected chi connectivity index (χ4v) is 1.03. The Morgan fingerprint density at radius 2 is 2.10 bits per heavy atom. The highest BCUT2D eigenvalue weighted by Gasteiger charge is 2.05. The van der Waals surface area contributed by atoms with Crippen LogP contribution in [0.5, 0.6) is 0 Å². The van der Waals surface area contributed by atoms with Gasteiger partial charge in [-0.1, -0.05) is 29.3 Å². The van der Waals surface area contributed by atoms with Crippen LogP contribution >= 0.6 is 23.2 Å². The summed E-state index contributed by atoms with van der Waals surface area (Å²) in [5.41, 5.74) is 0.773. The standard InChI is InChI=1S/C7H6Cl2O/c8-6-2-1-5(4-10)3-7(6)9/h2-4,10H,1H2. The molecule has 0 spiro atoms. The summed E-state index contributed by atoms with van der Waals surface area (Å²) >= 11 is 11.3. The summed E-state index contributed by atoms with van der Waals surface area (Å²) in [5.74, 6) is 0. The van der Waals surface area contributed by atoms with Crippen molar-refractivity contribution < 1.29 is 5.11 Å². The number of aliphatic hydroxyl groups is 1. The van der Waals surface area contributed by atoms with Crippen molar-refractivity contribution in [3.63, 3.8) is 0 Å². The molecule has 0 aromatic rings. The zero-order valence-corrected chi connectivity index (χ0v) is 6.65. The molecule has 1 aliphatic carbocycles. The lowest BCUT2D eigenvalue weighted by Crippen LogP contribution is -1.86. The van der Waals surface area contributed by atoms with Gasteiger partial charge in [0.25, 0.3) is 0 Å². The molecule has 0 atom stereocenters. The highest BCUT2D eigenvalue weighted by Crippen LogP contribution is 2.27. The van der Waals surface area contributed by atoms with E-state index in [0.717, 1.165) is 11.8 Å². The van der Waals surface area contributed by atoms with Gasteiger partial charge in [0.1, 0.15) is 0 Å². The Morgan fingerprint density at radius 3 is 2.60 bits per heavy atom. The molecule has 0 amide bonds. The molecule has 0 radical (unpaired) electrons. The fourth-order valence-electron chi connectivity index (χ4n) is 0.686. The van der Waals surface area contributed by atoms with Gasteiger partial charge in [-0.05, 0) is 18.1 Å². The normalized spacial score (nSPS) is 22.4. The Morgan fingerprint density at radius 1 is 1.40 bits per heavy atom. The van der Waals surface area contributed by atoms with Gasteiger partial charge in [0.2, 0.25) is 0 Å². The Balaban J connectivity index is 2.86. The second kappa shape index (κ2) is 3.13. The highest BCUT2D eigenvalue weighted by atomic mass is 35.5. The first-order chi connectivity index (χ1) is 4.74. The summed E-state index contributed by atoms with van der Waals surface area (Å²) < 4.78 is 0. The molecule has 1 aliphatic rings. The van der Waals surface area contributed by atoms with Crippen LogP contribution in [0, 0.1) is 0 Å². The minimum atomic E-state index is 0.480. The van der Waals surface area contributed by atoms with Crippen molar-refractivity contribution in [1.82, 2.24) is 0 Å². The summed E-state index contributed by atoms with van der Waals surface area (Å²) in [4.78, 5) is 0. The number of hydrogen-bond acceptors (Lipinski definition) is 1. The van der Waals surface area contributed by atoms with Crippen LogP contribution in [0.3, 0.4) is 0 Å².